The number of carbonyl (C=O) groups is 1. The van der Waals surface area contributed by atoms with E-state index in [0.717, 1.165) is 12.8 Å². The highest BCUT2D eigenvalue weighted by molar-refractivity contribution is 5.78. The Labute approximate surface area is 106 Å². The Bertz CT molecular complexity index is 251. The number of hydrogen-bond acceptors (Lipinski definition) is 2. The molecule has 2 unspecified atom stereocenters. The van der Waals surface area contributed by atoms with E-state index in [2.05, 4.69) is 38.3 Å². The maximum Gasteiger partial charge on any atom is 0.234 e. The third kappa shape index (κ3) is 5.53. The topological polar surface area (TPSA) is 41.1 Å². The summed E-state index contributed by atoms with van der Waals surface area (Å²) in [5.41, 5.74) is 0.448. The zero-order valence-electron chi connectivity index (χ0n) is 11.8. The van der Waals surface area contributed by atoms with E-state index in [1.165, 1.54) is 19.3 Å². The molecule has 0 aromatic carbocycles. The molecule has 1 aliphatic rings. The Morgan fingerprint density at radius 3 is 2.71 bits per heavy atom. The number of amides is 1. The molecule has 1 aliphatic carbocycles. The molecule has 0 heterocycles. The lowest BCUT2D eigenvalue weighted by atomic mass is 9.92. The molecule has 2 atom stereocenters. The fourth-order valence-corrected chi connectivity index (χ4v) is 2.68. The molecule has 1 fully saturated rings. The van der Waals surface area contributed by atoms with Crippen LogP contribution in [0.3, 0.4) is 0 Å². The van der Waals surface area contributed by atoms with Crippen LogP contribution in [0, 0.1) is 5.41 Å². The Morgan fingerprint density at radius 1 is 1.47 bits per heavy atom. The molecule has 100 valence electrons. The van der Waals surface area contributed by atoms with Crippen molar-refractivity contribution in [2.75, 3.05) is 6.54 Å². The van der Waals surface area contributed by atoms with Gasteiger partial charge in [0.25, 0.3) is 0 Å². The van der Waals surface area contributed by atoms with Gasteiger partial charge in [0.15, 0.2) is 0 Å². The molecule has 0 radical (unpaired) electrons. The summed E-state index contributed by atoms with van der Waals surface area (Å²) in [7, 11) is 0. The first-order valence-electron chi connectivity index (χ1n) is 6.95. The van der Waals surface area contributed by atoms with Crippen LogP contribution in [0.4, 0.5) is 0 Å². The molecule has 3 nitrogen and oxygen atoms in total. The number of nitrogens with one attached hydrogen (secondary N) is 2. The number of rotatable bonds is 6. The number of carbonyl (C=O) groups excluding carboxylic acids is 1. The second-order valence-electron chi connectivity index (χ2n) is 6.24. The van der Waals surface area contributed by atoms with Gasteiger partial charge in [-0.25, -0.2) is 0 Å². The zero-order chi connectivity index (χ0) is 12.9. The molecule has 0 aromatic heterocycles. The lowest BCUT2D eigenvalue weighted by molar-refractivity contribution is -0.121. The summed E-state index contributed by atoms with van der Waals surface area (Å²) in [5, 5.41) is 6.40. The molecular weight excluding hydrogens is 212 g/mol. The van der Waals surface area contributed by atoms with Crippen LogP contribution in [0.1, 0.15) is 59.8 Å². The minimum Gasteiger partial charge on any atom is -0.353 e. The monoisotopic (exact) mass is 240 g/mol. The van der Waals surface area contributed by atoms with E-state index in [1.54, 1.807) is 0 Å². The van der Waals surface area contributed by atoms with Gasteiger partial charge in [0, 0.05) is 12.1 Å². The van der Waals surface area contributed by atoms with E-state index in [0.29, 0.717) is 24.0 Å². The second-order valence-corrected chi connectivity index (χ2v) is 6.24. The Balaban J connectivity index is 2.16. The predicted molar refractivity (Wildman–Crippen MR) is 71.9 cm³/mol. The van der Waals surface area contributed by atoms with Crippen molar-refractivity contribution in [3.8, 4) is 0 Å². The maximum atomic E-state index is 11.7. The summed E-state index contributed by atoms with van der Waals surface area (Å²) in [6.07, 6.45) is 5.82. The molecular formula is C14H28N2O. The second kappa shape index (κ2) is 6.39. The first-order valence-corrected chi connectivity index (χ1v) is 6.95. The van der Waals surface area contributed by atoms with E-state index in [1.807, 2.05) is 0 Å². The smallest absolute Gasteiger partial charge is 0.234 e. The first-order chi connectivity index (χ1) is 7.93. The molecule has 1 amide bonds. The van der Waals surface area contributed by atoms with Gasteiger partial charge in [0.1, 0.15) is 0 Å². The van der Waals surface area contributed by atoms with Gasteiger partial charge in [-0.2, -0.15) is 0 Å². The average Bonchev–Trinajstić information content (AvgIpc) is 2.55. The summed E-state index contributed by atoms with van der Waals surface area (Å²) in [6.45, 7) is 9.28. The molecule has 3 heteroatoms. The highest BCUT2D eigenvalue weighted by Gasteiger charge is 2.30. The van der Waals surface area contributed by atoms with Crippen molar-refractivity contribution in [3.63, 3.8) is 0 Å². The van der Waals surface area contributed by atoms with Crippen LogP contribution in [0.5, 0.6) is 0 Å². The van der Waals surface area contributed by atoms with Crippen LogP contribution in [-0.2, 0) is 4.79 Å². The van der Waals surface area contributed by atoms with Gasteiger partial charge < -0.3 is 10.6 Å². The Kier molecular flexibility index (Phi) is 5.44. The standard InChI is InChI=1S/C14H28N2O/c1-5-6-11(2)16-13(17)10-15-12-7-8-14(3,4)9-12/h11-12,15H,5-10H2,1-4H3,(H,16,17). The van der Waals surface area contributed by atoms with E-state index in [9.17, 15) is 4.79 Å². The van der Waals surface area contributed by atoms with Crippen LogP contribution in [0.15, 0.2) is 0 Å². The molecule has 0 bridgehead atoms. The summed E-state index contributed by atoms with van der Waals surface area (Å²) in [6, 6.07) is 0.826. The van der Waals surface area contributed by atoms with Crippen LogP contribution < -0.4 is 10.6 Å². The number of hydrogen-bond donors (Lipinski definition) is 2. The van der Waals surface area contributed by atoms with Crippen molar-refractivity contribution < 1.29 is 4.79 Å². The molecule has 1 rings (SSSR count). The van der Waals surface area contributed by atoms with Crippen molar-refractivity contribution in [1.29, 1.82) is 0 Å². The molecule has 0 aliphatic heterocycles. The highest BCUT2D eigenvalue weighted by Crippen LogP contribution is 2.36. The summed E-state index contributed by atoms with van der Waals surface area (Å²) in [4.78, 5) is 11.7. The minimum absolute atomic E-state index is 0.135. The van der Waals surface area contributed by atoms with Crippen molar-refractivity contribution in [2.24, 2.45) is 5.41 Å². The zero-order valence-corrected chi connectivity index (χ0v) is 11.8. The fourth-order valence-electron chi connectivity index (χ4n) is 2.68. The molecule has 0 saturated heterocycles. The van der Waals surface area contributed by atoms with Gasteiger partial charge in [0.05, 0.1) is 6.54 Å². The quantitative estimate of drug-likeness (QED) is 0.749. The van der Waals surface area contributed by atoms with E-state index < -0.39 is 0 Å². The summed E-state index contributed by atoms with van der Waals surface area (Å²) in [5.74, 6) is 0.135. The third-order valence-electron chi connectivity index (χ3n) is 3.65. The Hall–Kier alpha value is -0.570. The lowest BCUT2D eigenvalue weighted by Crippen LogP contribution is -2.41. The Morgan fingerprint density at radius 2 is 2.18 bits per heavy atom. The van der Waals surface area contributed by atoms with Crippen molar-refractivity contribution in [3.05, 3.63) is 0 Å². The predicted octanol–water partition coefficient (Wildman–Crippen LogP) is 2.46. The van der Waals surface area contributed by atoms with E-state index in [-0.39, 0.29) is 5.91 Å². The molecule has 0 aromatic rings. The van der Waals surface area contributed by atoms with Gasteiger partial charge in [-0.3, -0.25) is 4.79 Å². The summed E-state index contributed by atoms with van der Waals surface area (Å²) < 4.78 is 0. The third-order valence-corrected chi connectivity index (χ3v) is 3.65. The molecule has 0 spiro atoms. The fraction of sp³-hybridized carbons (Fsp3) is 0.929. The molecule has 17 heavy (non-hydrogen) atoms. The van der Waals surface area contributed by atoms with Crippen LogP contribution >= 0.6 is 0 Å². The minimum atomic E-state index is 0.135. The van der Waals surface area contributed by atoms with E-state index in [4.69, 9.17) is 0 Å². The average molecular weight is 240 g/mol. The van der Waals surface area contributed by atoms with Crippen LogP contribution in [0.25, 0.3) is 0 Å². The normalized spacial score (nSPS) is 24.6. The van der Waals surface area contributed by atoms with Gasteiger partial charge >= 0.3 is 0 Å². The van der Waals surface area contributed by atoms with Gasteiger partial charge in [-0.1, -0.05) is 27.2 Å². The maximum absolute atomic E-state index is 11.7. The van der Waals surface area contributed by atoms with E-state index >= 15 is 0 Å². The first kappa shape index (κ1) is 14.5. The van der Waals surface area contributed by atoms with Crippen molar-refractivity contribution in [2.45, 2.75) is 71.9 Å². The lowest BCUT2D eigenvalue weighted by Gasteiger charge is -2.18. The van der Waals surface area contributed by atoms with Gasteiger partial charge in [-0.15, -0.1) is 0 Å². The molecule has 2 N–H and O–H groups in total. The van der Waals surface area contributed by atoms with Gasteiger partial charge in [0.2, 0.25) is 5.91 Å². The van der Waals surface area contributed by atoms with Crippen LogP contribution in [0.2, 0.25) is 0 Å². The largest absolute Gasteiger partial charge is 0.353 e. The van der Waals surface area contributed by atoms with Crippen LogP contribution in [-0.4, -0.2) is 24.5 Å². The SMILES string of the molecule is CCCC(C)NC(=O)CNC1CCC(C)(C)C1. The van der Waals surface area contributed by atoms with Gasteiger partial charge in [-0.05, 0) is 38.0 Å². The molecule has 1 saturated carbocycles. The van der Waals surface area contributed by atoms with Crippen molar-refractivity contribution in [1.82, 2.24) is 10.6 Å². The summed E-state index contributed by atoms with van der Waals surface area (Å²) >= 11 is 0. The highest BCUT2D eigenvalue weighted by atomic mass is 16.1. The van der Waals surface area contributed by atoms with Crippen molar-refractivity contribution >= 4 is 5.91 Å².